The highest BCUT2D eigenvalue weighted by Gasteiger charge is 2.32. The lowest BCUT2D eigenvalue weighted by atomic mass is 9.93. The number of halogens is 3. The lowest BCUT2D eigenvalue weighted by Gasteiger charge is -2.45. The molecule has 10 heteroatoms. The van der Waals surface area contributed by atoms with Gasteiger partial charge in [0.1, 0.15) is 17.1 Å². The molecule has 0 amide bonds. The van der Waals surface area contributed by atoms with Crippen molar-refractivity contribution in [1.29, 1.82) is 0 Å². The summed E-state index contributed by atoms with van der Waals surface area (Å²) in [6.45, 7) is 12.0. The highest BCUT2D eigenvalue weighted by Crippen LogP contribution is 2.34. The molecule has 1 saturated heterocycles. The highest BCUT2D eigenvalue weighted by atomic mass is 35.5. The number of aryl methyl sites for hydroxylation is 1. The van der Waals surface area contributed by atoms with E-state index in [0.29, 0.717) is 11.6 Å². The fourth-order valence-electron chi connectivity index (χ4n) is 4.60. The zero-order valence-corrected chi connectivity index (χ0v) is 21.3. The summed E-state index contributed by atoms with van der Waals surface area (Å²) in [6, 6.07) is 7.29. The quantitative estimate of drug-likeness (QED) is 0.433. The summed E-state index contributed by atoms with van der Waals surface area (Å²) in [5, 5.41) is 0.180. The number of ether oxygens (including phenoxy) is 1. The molecular formula is C24H33ClF2N6O. The van der Waals surface area contributed by atoms with Crippen LogP contribution in [0.3, 0.4) is 0 Å². The van der Waals surface area contributed by atoms with Crippen molar-refractivity contribution in [2.45, 2.75) is 60.2 Å². The van der Waals surface area contributed by atoms with Gasteiger partial charge in [-0.2, -0.15) is 18.7 Å². The van der Waals surface area contributed by atoms with Crippen molar-refractivity contribution in [2.75, 3.05) is 24.5 Å². The van der Waals surface area contributed by atoms with E-state index >= 15 is 0 Å². The molecule has 1 fully saturated rings. The van der Waals surface area contributed by atoms with Crippen LogP contribution in [-0.2, 0) is 0 Å². The Hall–Kier alpha value is -2.52. The van der Waals surface area contributed by atoms with Gasteiger partial charge in [-0.15, -0.1) is 0 Å². The average molecular weight is 495 g/mol. The van der Waals surface area contributed by atoms with Crippen molar-refractivity contribution in [3.8, 4) is 5.75 Å². The second-order valence-electron chi connectivity index (χ2n) is 8.51. The average Bonchev–Trinajstić information content (AvgIpc) is 3.15. The van der Waals surface area contributed by atoms with Crippen LogP contribution in [0.4, 0.5) is 14.6 Å². The summed E-state index contributed by atoms with van der Waals surface area (Å²) < 4.78 is 29.5. The zero-order valence-electron chi connectivity index (χ0n) is 20.5. The number of aromatic amines is 1. The number of hydrogen-bond acceptors (Lipinski definition) is 6. The Kier molecular flexibility index (Phi) is 8.65. The molecule has 0 spiro atoms. The molecule has 1 aliphatic rings. The standard InChI is InChI=1S/C22H27ClF2N6O.C2H6/c1-12(2)18(15-5-7-16(8-6-15)32-22(24)25)30-9-10-31(13(3)11-30)20-17-19(27-14(4)26-17)28-21(23)29-20;1-2/h5-8,12-13,18,22H,9-11H2,1-4H3,(H,26,27,28,29);1-2H3. The molecule has 0 aliphatic carbocycles. The van der Waals surface area contributed by atoms with Crippen LogP contribution < -0.4 is 9.64 Å². The molecule has 1 aliphatic heterocycles. The minimum absolute atomic E-state index is 0.156. The molecule has 2 atom stereocenters. The van der Waals surface area contributed by atoms with Crippen molar-refractivity contribution >= 4 is 28.6 Å². The van der Waals surface area contributed by atoms with Gasteiger partial charge in [0.05, 0.1) is 0 Å². The third-order valence-corrected chi connectivity index (χ3v) is 5.99. The molecule has 186 valence electrons. The number of rotatable bonds is 6. The Morgan fingerprint density at radius 3 is 2.35 bits per heavy atom. The summed E-state index contributed by atoms with van der Waals surface area (Å²) in [5.41, 5.74) is 2.44. The van der Waals surface area contributed by atoms with Gasteiger partial charge in [-0.05, 0) is 49.1 Å². The van der Waals surface area contributed by atoms with Gasteiger partial charge in [0.25, 0.3) is 0 Å². The second-order valence-corrected chi connectivity index (χ2v) is 8.85. The Labute approximate surface area is 204 Å². The number of H-pyrrole nitrogens is 1. The topological polar surface area (TPSA) is 70.2 Å². The Bertz CT molecular complexity index is 1080. The fraction of sp³-hybridized carbons (Fsp3) is 0.542. The van der Waals surface area contributed by atoms with Crippen molar-refractivity contribution < 1.29 is 13.5 Å². The molecule has 0 radical (unpaired) electrons. The van der Waals surface area contributed by atoms with Crippen LogP contribution in [0, 0.1) is 12.8 Å². The molecule has 1 aromatic carbocycles. The largest absolute Gasteiger partial charge is 0.435 e. The van der Waals surface area contributed by atoms with Crippen LogP contribution in [0.5, 0.6) is 5.75 Å². The molecule has 2 unspecified atom stereocenters. The summed E-state index contributed by atoms with van der Waals surface area (Å²) in [7, 11) is 0. The van der Waals surface area contributed by atoms with Gasteiger partial charge in [-0.25, -0.2) is 4.98 Å². The summed E-state index contributed by atoms with van der Waals surface area (Å²) in [6.07, 6.45) is 0. The molecule has 1 N–H and O–H groups in total. The number of benzene rings is 1. The maximum atomic E-state index is 12.5. The normalized spacial score (nSPS) is 17.7. The van der Waals surface area contributed by atoms with E-state index in [2.05, 4.69) is 55.2 Å². The smallest absolute Gasteiger partial charge is 0.387 e. The van der Waals surface area contributed by atoms with Crippen molar-refractivity contribution in [3.05, 3.63) is 40.9 Å². The number of nitrogens with zero attached hydrogens (tertiary/aromatic N) is 5. The van der Waals surface area contributed by atoms with Crippen LogP contribution in [0.2, 0.25) is 5.28 Å². The van der Waals surface area contributed by atoms with E-state index in [-0.39, 0.29) is 23.1 Å². The van der Waals surface area contributed by atoms with E-state index in [1.807, 2.05) is 32.9 Å². The number of fused-ring (bicyclic) bond motifs is 1. The van der Waals surface area contributed by atoms with E-state index in [0.717, 1.165) is 42.4 Å². The van der Waals surface area contributed by atoms with Crippen LogP contribution in [0.1, 0.15) is 52.0 Å². The summed E-state index contributed by atoms with van der Waals surface area (Å²) >= 11 is 6.17. The van der Waals surface area contributed by atoms with Gasteiger partial charge in [-0.3, -0.25) is 4.90 Å². The minimum atomic E-state index is -2.82. The lowest BCUT2D eigenvalue weighted by molar-refractivity contribution is -0.0498. The van der Waals surface area contributed by atoms with Gasteiger partial charge >= 0.3 is 6.61 Å². The predicted octanol–water partition coefficient (Wildman–Crippen LogP) is 5.85. The maximum Gasteiger partial charge on any atom is 0.387 e. The number of nitrogens with one attached hydrogen (secondary N) is 1. The van der Waals surface area contributed by atoms with Crippen LogP contribution >= 0.6 is 11.6 Å². The van der Waals surface area contributed by atoms with Crippen LogP contribution in [0.25, 0.3) is 11.2 Å². The van der Waals surface area contributed by atoms with Gasteiger partial charge in [0, 0.05) is 31.7 Å². The first-order valence-corrected chi connectivity index (χ1v) is 12.1. The molecule has 3 aromatic rings. The number of alkyl halides is 2. The monoisotopic (exact) mass is 494 g/mol. The van der Waals surface area contributed by atoms with Gasteiger partial charge in [-0.1, -0.05) is 39.8 Å². The van der Waals surface area contributed by atoms with Gasteiger partial charge in [0.2, 0.25) is 5.28 Å². The van der Waals surface area contributed by atoms with E-state index < -0.39 is 6.61 Å². The summed E-state index contributed by atoms with van der Waals surface area (Å²) in [5.74, 6) is 2.04. The van der Waals surface area contributed by atoms with E-state index in [9.17, 15) is 8.78 Å². The maximum absolute atomic E-state index is 12.5. The van der Waals surface area contributed by atoms with E-state index in [1.165, 1.54) is 0 Å². The number of piperazine rings is 1. The third kappa shape index (κ3) is 5.75. The molecule has 3 heterocycles. The van der Waals surface area contributed by atoms with Crippen molar-refractivity contribution in [3.63, 3.8) is 0 Å². The predicted molar refractivity (Wildman–Crippen MR) is 132 cm³/mol. The van der Waals surface area contributed by atoms with Gasteiger partial charge in [0.15, 0.2) is 11.5 Å². The lowest BCUT2D eigenvalue weighted by Crippen LogP contribution is -2.54. The molecule has 34 heavy (non-hydrogen) atoms. The summed E-state index contributed by atoms with van der Waals surface area (Å²) in [4.78, 5) is 21.1. The zero-order chi connectivity index (χ0) is 25.0. The Balaban J connectivity index is 0.00000158. The number of anilines is 1. The molecule has 4 rings (SSSR count). The molecule has 0 bridgehead atoms. The SMILES string of the molecule is CC.Cc1nc2nc(Cl)nc(N3CCN(C(c4ccc(OC(F)F)cc4)C(C)C)CC3C)c2[nH]1. The van der Waals surface area contributed by atoms with Crippen LogP contribution in [-0.4, -0.2) is 57.1 Å². The Morgan fingerprint density at radius 1 is 1.09 bits per heavy atom. The minimum Gasteiger partial charge on any atom is -0.435 e. The third-order valence-electron chi connectivity index (χ3n) is 5.83. The van der Waals surface area contributed by atoms with Crippen molar-refractivity contribution in [1.82, 2.24) is 24.8 Å². The molecular weight excluding hydrogens is 462 g/mol. The molecule has 7 nitrogen and oxygen atoms in total. The number of imidazole rings is 1. The fourth-order valence-corrected chi connectivity index (χ4v) is 4.76. The van der Waals surface area contributed by atoms with Gasteiger partial charge < -0.3 is 14.6 Å². The highest BCUT2D eigenvalue weighted by molar-refractivity contribution is 6.28. The van der Waals surface area contributed by atoms with Crippen LogP contribution in [0.15, 0.2) is 24.3 Å². The molecule has 2 aromatic heterocycles. The van der Waals surface area contributed by atoms with E-state index in [4.69, 9.17) is 11.6 Å². The Morgan fingerprint density at radius 2 is 1.76 bits per heavy atom. The second kappa shape index (κ2) is 11.3. The van der Waals surface area contributed by atoms with Crippen molar-refractivity contribution in [2.24, 2.45) is 5.92 Å². The first kappa shape index (κ1) is 26.1. The van der Waals surface area contributed by atoms with E-state index in [1.54, 1.807) is 12.1 Å². The number of aromatic nitrogens is 4. The first-order chi connectivity index (χ1) is 16.2. The molecule has 0 saturated carbocycles. The number of hydrogen-bond donors (Lipinski definition) is 1. The first-order valence-electron chi connectivity index (χ1n) is 11.7.